The number of Topliss-reactive ketones (excluding diaryl/α,β-unsaturated/α-hetero) is 1. The Labute approximate surface area is 111 Å². The number of nitriles is 1. The van der Waals surface area contributed by atoms with Gasteiger partial charge in [-0.2, -0.15) is 5.26 Å². The van der Waals surface area contributed by atoms with Crippen molar-refractivity contribution in [2.24, 2.45) is 0 Å². The minimum absolute atomic E-state index is 0.0347. The van der Waals surface area contributed by atoms with Crippen molar-refractivity contribution in [3.05, 3.63) is 52.8 Å². The number of nitrogens with zero attached hydrogens (tertiary/aromatic N) is 1. The van der Waals surface area contributed by atoms with Crippen LogP contribution in [0.2, 0.25) is 0 Å². The number of carbonyl (C=O) groups is 1. The summed E-state index contributed by atoms with van der Waals surface area (Å²) in [5.74, 6) is 0.446. The van der Waals surface area contributed by atoms with Crippen molar-refractivity contribution in [1.29, 1.82) is 5.26 Å². The van der Waals surface area contributed by atoms with Gasteiger partial charge in [-0.15, -0.1) is 0 Å². The van der Waals surface area contributed by atoms with Crippen LogP contribution in [0.3, 0.4) is 0 Å². The van der Waals surface area contributed by atoms with E-state index in [-0.39, 0.29) is 12.4 Å². The smallest absolute Gasteiger partial charge is 0.201 e. The lowest BCUT2D eigenvalue weighted by Crippen LogP contribution is -2.12. The first kappa shape index (κ1) is 12.9. The zero-order valence-corrected chi connectivity index (χ0v) is 10.9. The van der Waals surface area contributed by atoms with Crippen LogP contribution < -0.4 is 4.74 Å². The highest BCUT2D eigenvalue weighted by atomic mass is 16.5. The number of hydrogen-bond donors (Lipinski definition) is 1. The summed E-state index contributed by atoms with van der Waals surface area (Å²) < 4.78 is 5.41. The Kier molecular flexibility index (Phi) is 3.67. The molecule has 1 aromatic heterocycles. The molecule has 2 aromatic rings. The summed E-state index contributed by atoms with van der Waals surface area (Å²) in [5.41, 5.74) is 2.96. The first-order chi connectivity index (χ1) is 9.10. The topological polar surface area (TPSA) is 65.9 Å². The second kappa shape index (κ2) is 5.40. The summed E-state index contributed by atoms with van der Waals surface area (Å²) in [7, 11) is 0. The van der Waals surface area contributed by atoms with Crippen LogP contribution in [0.4, 0.5) is 0 Å². The van der Waals surface area contributed by atoms with Gasteiger partial charge < -0.3 is 9.72 Å². The maximum Gasteiger partial charge on any atom is 0.201 e. The summed E-state index contributed by atoms with van der Waals surface area (Å²) in [6, 6.07) is 10.6. The molecule has 0 atom stereocenters. The zero-order valence-electron chi connectivity index (χ0n) is 10.9. The fourth-order valence-electron chi connectivity index (χ4n) is 1.90. The Morgan fingerprint density at radius 1 is 1.37 bits per heavy atom. The van der Waals surface area contributed by atoms with E-state index >= 15 is 0 Å². The fourth-order valence-corrected chi connectivity index (χ4v) is 1.90. The summed E-state index contributed by atoms with van der Waals surface area (Å²) in [4.78, 5) is 15.1. The second-order valence-corrected chi connectivity index (χ2v) is 4.34. The molecule has 0 aliphatic carbocycles. The Hall–Kier alpha value is -2.54. The summed E-state index contributed by atoms with van der Waals surface area (Å²) in [6.07, 6.45) is 0. The van der Waals surface area contributed by atoms with Gasteiger partial charge >= 0.3 is 0 Å². The van der Waals surface area contributed by atoms with Gasteiger partial charge in [0.1, 0.15) is 5.75 Å². The highest BCUT2D eigenvalue weighted by molar-refractivity contribution is 5.98. The molecular formula is C15H14N2O2. The lowest BCUT2D eigenvalue weighted by Gasteiger charge is -2.05. The minimum atomic E-state index is -0.0794. The minimum Gasteiger partial charge on any atom is -0.485 e. The number of aromatic amines is 1. The largest absolute Gasteiger partial charge is 0.485 e. The molecule has 0 unspecified atom stereocenters. The van der Waals surface area contributed by atoms with Crippen molar-refractivity contribution >= 4 is 5.78 Å². The number of H-pyrrole nitrogens is 1. The number of aryl methyl sites for hydroxylation is 2. The van der Waals surface area contributed by atoms with E-state index in [4.69, 9.17) is 10.00 Å². The van der Waals surface area contributed by atoms with Gasteiger partial charge in [0.2, 0.25) is 5.78 Å². The molecule has 1 heterocycles. The van der Waals surface area contributed by atoms with Crippen LogP contribution >= 0.6 is 0 Å². The van der Waals surface area contributed by atoms with Gasteiger partial charge in [-0.25, -0.2) is 0 Å². The normalized spacial score (nSPS) is 9.95. The number of hydrogen-bond acceptors (Lipinski definition) is 3. The molecule has 0 bridgehead atoms. The van der Waals surface area contributed by atoms with Gasteiger partial charge in [0, 0.05) is 17.0 Å². The first-order valence-corrected chi connectivity index (χ1v) is 5.92. The second-order valence-electron chi connectivity index (χ2n) is 4.34. The van der Waals surface area contributed by atoms with Gasteiger partial charge in [-0.3, -0.25) is 4.79 Å². The van der Waals surface area contributed by atoms with Gasteiger partial charge in [-0.05, 0) is 38.1 Å². The van der Waals surface area contributed by atoms with Gasteiger partial charge in [0.25, 0.3) is 0 Å². The molecule has 4 nitrogen and oxygen atoms in total. The molecule has 1 N–H and O–H groups in total. The molecule has 0 saturated heterocycles. The molecule has 0 spiro atoms. The number of ether oxygens (including phenoxy) is 1. The molecule has 0 saturated carbocycles. The average Bonchev–Trinajstić information content (AvgIpc) is 2.75. The molecule has 96 valence electrons. The van der Waals surface area contributed by atoms with Crippen molar-refractivity contribution < 1.29 is 9.53 Å². The lowest BCUT2D eigenvalue weighted by molar-refractivity contribution is 0.0921. The summed E-state index contributed by atoms with van der Waals surface area (Å²) in [6.45, 7) is 3.73. The van der Waals surface area contributed by atoms with Gasteiger partial charge in [0.05, 0.1) is 11.6 Å². The number of ketones is 1. The van der Waals surface area contributed by atoms with Crippen LogP contribution in [0.5, 0.6) is 5.75 Å². The van der Waals surface area contributed by atoms with E-state index in [0.29, 0.717) is 16.9 Å². The number of nitrogens with one attached hydrogen (secondary N) is 1. The average molecular weight is 254 g/mol. The van der Waals surface area contributed by atoms with E-state index < -0.39 is 0 Å². The SMILES string of the molecule is Cc1cc(C(=O)COc2cccc(C#N)c2)c(C)[nH]1. The Bertz CT molecular complexity index is 650. The highest BCUT2D eigenvalue weighted by Gasteiger charge is 2.12. The third kappa shape index (κ3) is 3.02. The Morgan fingerprint density at radius 2 is 2.16 bits per heavy atom. The number of carbonyl (C=O) groups excluding carboxylic acids is 1. The Morgan fingerprint density at radius 3 is 2.79 bits per heavy atom. The van der Waals surface area contributed by atoms with Crippen LogP contribution in [-0.4, -0.2) is 17.4 Å². The molecule has 4 heteroatoms. The predicted molar refractivity (Wildman–Crippen MR) is 71.2 cm³/mol. The molecule has 0 aliphatic heterocycles. The molecule has 19 heavy (non-hydrogen) atoms. The van der Waals surface area contributed by atoms with E-state index in [1.54, 1.807) is 24.3 Å². The zero-order chi connectivity index (χ0) is 13.8. The van der Waals surface area contributed by atoms with Crippen molar-refractivity contribution in [3.63, 3.8) is 0 Å². The summed E-state index contributed by atoms with van der Waals surface area (Å²) in [5, 5.41) is 8.78. The molecule has 0 amide bonds. The van der Waals surface area contributed by atoms with Crippen molar-refractivity contribution in [2.45, 2.75) is 13.8 Å². The molecule has 0 radical (unpaired) electrons. The van der Waals surface area contributed by atoms with Crippen molar-refractivity contribution in [2.75, 3.05) is 6.61 Å². The number of aromatic nitrogens is 1. The van der Waals surface area contributed by atoms with Crippen LogP contribution in [0.1, 0.15) is 27.3 Å². The molecule has 2 rings (SSSR count). The molecule has 1 aromatic carbocycles. The van der Waals surface area contributed by atoms with Crippen LogP contribution in [-0.2, 0) is 0 Å². The standard InChI is InChI=1S/C15H14N2O2/c1-10-6-14(11(2)17-10)15(18)9-19-13-5-3-4-12(7-13)8-16/h3-7,17H,9H2,1-2H3. The van der Waals surface area contributed by atoms with E-state index in [1.807, 2.05) is 26.0 Å². The van der Waals surface area contributed by atoms with Crippen molar-refractivity contribution in [3.8, 4) is 11.8 Å². The van der Waals surface area contributed by atoms with Crippen molar-refractivity contribution in [1.82, 2.24) is 4.98 Å². The third-order valence-electron chi connectivity index (χ3n) is 2.78. The molecule has 0 aliphatic rings. The van der Waals surface area contributed by atoms with Crippen LogP contribution in [0.25, 0.3) is 0 Å². The lowest BCUT2D eigenvalue weighted by atomic mass is 10.1. The fraction of sp³-hybridized carbons (Fsp3) is 0.200. The van der Waals surface area contributed by atoms with E-state index in [0.717, 1.165) is 11.4 Å². The van der Waals surface area contributed by atoms with E-state index in [2.05, 4.69) is 4.98 Å². The molecular weight excluding hydrogens is 240 g/mol. The number of benzene rings is 1. The van der Waals surface area contributed by atoms with Gasteiger partial charge in [-0.1, -0.05) is 6.07 Å². The highest BCUT2D eigenvalue weighted by Crippen LogP contribution is 2.14. The predicted octanol–water partition coefficient (Wildman–Crippen LogP) is 2.76. The quantitative estimate of drug-likeness (QED) is 0.853. The van der Waals surface area contributed by atoms with Crippen LogP contribution in [0, 0.1) is 25.2 Å². The third-order valence-corrected chi connectivity index (χ3v) is 2.78. The van der Waals surface area contributed by atoms with E-state index in [1.165, 1.54) is 0 Å². The molecule has 0 fully saturated rings. The van der Waals surface area contributed by atoms with Crippen LogP contribution in [0.15, 0.2) is 30.3 Å². The monoisotopic (exact) mass is 254 g/mol. The van der Waals surface area contributed by atoms with E-state index in [9.17, 15) is 4.79 Å². The first-order valence-electron chi connectivity index (χ1n) is 5.92. The Balaban J connectivity index is 2.04. The number of rotatable bonds is 4. The summed E-state index contributed by atoms with van der Waals surface area (Å²) >= 11 is 0. The maximum atomic E-state index is 12.0. The maximum absolute atomic E-state index is 12.0. The van der Waals surface area contributed by atoms with Gasteiger partial charge in [0.15, 0.2) is 6.61 Å².